The molecule has 0 saturated carbocycles. The summed E-state index contributed by atoms with van der Waals surface area (Å²) < 4.78 is 39.4. The summed E-state index contributed by atoms with van der Waals surface area (Å²) in [6.45, 7) is 3.46. The summed E-state index contributed by atoms with van der Waals surface area (Å²) in [6.07, 6.45) is 1.93. The molecule has 0 spiro atoms. The number of benzene rings is 1. The highest BCUT2D eigenvalue weighted by Gasteiger charge is 2.40. The molecule has 0 aliphatic carbocycles. The Morgan fingerprint density at radius 2 is 2.00 bits per heavy atom. The van der Waals surface area contributed by atoms with Crippen LogP contribution in [-0.2, 0) is 14.8 Å². The lowest BCUT2D eigenvalue weighted by Gasteiger charge is -2.48. The van der Waals surface area contributed by atoms with Gasteiger partial charge in [-0.2, -0.15) is 11.8 Å². The third kappa shape index (κ3) is 4.48. The Morgan fingerprint density at radius 1 is 1.31 bits per heavy atom. The molecule has 3 rings (SSSR count). The molecule has 2 aliphatic rings. The van der Waals surface area contributed by atoms with Crippen LogP contribution in [0.4, 0.5) is 0 Å². The van der Waals surface area contributed by atoms with E-state index in [0.717, 1.165) is 37.4 Å². The second-order valence-electron chi connectivity index (χ2n) is 6.56. The first-order chi connectivity index (χ1) is 12.5. The van der Waals surface area contributed by atoms with Crippen molar-refractivity contribution in [2.24, 2.45) is 0 Å². The molecule has 146 valence electrons. The molecular formula is C17H25ClN2O4S2. The van der Waals surface area contributed by atoms with Crippen LogP contribution in [0.5, 0.6) is 5.75 Å². The molecule has 2 aliphatic heterocycles. The zero-order chi connectivity index (χ0) is 18.6. The summed E-state index contributed by atoms with van der Waals surface area (Å²) in [7, 11) is -2.27. The molecule has 0 amide bonds. The summed E-state index contributed by atoms with van der Waals surface area (Å²) in [5.41, 5.74) is -0.159. The Bertz CT molecular complexity index is 717. The third-order valence-corrected chi connectivity index (χ3v) is 7.75. The molecule has 0 aromatic heterocycles. The highest BCUT2D eigenvalue weighted by atomic mass is 35.5. The number of nitrogens with zero attached hydrogens (tertiary/aromatic N) is 1. The van der Waals surface area contributed by atoms with Crippen molar-refractivity contribution in [2.45, 2.75) is 23.3 Å². The average Bonchev–Trinajstić information content (AvgIpc) is 2.68. The number of sulfonamides is 1. The van der Waals surface area contributed by atoms with Gasteiger partial charge in [0.25, 0.3) is 0 Å². The van der Waals surface area contributed by atoms with E-state index in [9.17, 15) is 8.42 Å². The van der Waals surface area contributed by atoms with E-state index in [2.05, 4.69) is 9.62 Å². The molecule has 9 heteroatoms. The van der Waals surface area contributed by atoms with Gasteiger partial charge >= 0.3 is 0 Å². The maximum Gasteiger partial charge on any atom is 0.244 e. The van der Waals surface area contributed by atoms with Crippen molar-refractivity contribution in [3.8, 4) is 5.75 Å². The predicted octanol–water partition coefficient (Wildman–Crippen LogP) is 2.22. The predicted molar refractivity (Wildman–Crippen MR) is 105 cm³/mol. The summed E-state index contributed by atoms with van der Waals surface area (Å²) in [5.74, 6) is 2.38. The zero-order valence-corrected chi connectivity index (χ0v) is 17.3. The van der Waals surface area contributed by atoms with Gasteiger partial charge in [-0.15, -0.1) is 0 Å². The summed E-state index contributed by atoms with van der Waals surface area (Å²) in [6, 6.07) is 4.62. The van der Waals surface area contributed by atoms with Crippen molar-refractivity contribution < 1.29 is 17.9 Å². The number of rotatable bonds is 6. The number of halogens is 1. The molecule has 0 unspecified atom stereocenters. The fourth-order valence-electron chi connectivity index (χ4n) is 3.56. The average molecular weight is 421 g/mol. The van der Waals surface area contributed by atoms with Crippen LogP contribution < -0.4 is 9.46 Å². The molecule has 0 atom stereocenters. The Morgan fingerprint density at radius 3 is 2.65 bits per heavy atom. The van der Waals surface area contributed by atoms with E-state index in [-0.39, 0.29) is 10.4 Å². The number of hydrogen-bond acceptors (Lipinski definition) is 6. The maximum absolute atomic E-state index is 12.9. The highest BCUT2D eigenvalue weighted by Crippen LogP contribution is 2.34. The van der Waals surface area contributed by atoms with Crippen LogP contribution in [-0.4, -0.2) is 70.3 Å². The SMILES string of the molecule is COc1ccc(Cl)cc1S(=O)(=O)NCC1(N2CCOCC2)CCSCC1. The van der Waals surface area contributed by atoms with Crippen LogP contribution in [0, 0.1) is 0 Å². The van der Waals surface area contributed by atoms with Gasteiger partial charge < -0.3 is 9.47 Å². The molecule has 2 saturated heterocycles. The van der Waals surface area contributed by atoms with Crippen LogP contribution in [0.15, 0.2) is 23.1 Å². The Labute approximate surface area is 164 Å². The normalized spacial score (nSPS) is 21.5. The van der Waals surface area contributed by atoms with E-state index in [0.29, 0.717) is 30.5 Å². The summed E-state index contributed by atoms with van der Waals surface area (Å²) >= 11 is 7.93. The zero-order valence-electron chi connectivity index (χ0n) is 14.9. The lowest BCUT2D eigenvalue weighted by molar-refractivity contribution is -0.0242. The molecular weight excluding hydrogens is 396 g/mol. The minimum atomic E-state index is -3.73. The Hall–Kier alpha value is -0.510. The van der Waals surface area contributed by atoms with Crippen molar-refractivity contribution >= 4 is 33.4 Å². The van der Waals surface area contributed by atoms with E-state index in [1.165, 1.54) is 13.2 Å². The summed E-state index contributed by atoms with van der Waals surface area (Å²) in [5, 5.41) is 0.364. The number of methoxy groups -OCH3 is 1. The Kier molecular flexibility index (Phi) is 6.74. The van der Waals surface area contributed by atoms with Gasteiger partial charge in [0, 0.05) is 30.2 Å². The maximum atomic E-state index is 12.9. The van der Waals surface area contributed by atoms with Crippen LogP contribution in [0.3, 0.4) is 0 Å². The first kappa shape index (κ1) is 20.2. The lowest BCUT2D eigenvalue weighted by atomic mass is 9.89. The van der Waals surface area contributed by atoms with Crippen molar-refractivity contribution in [3.63, 3.8) is 0 Å². The third-order valence-electron chi connectivity index (χ3n) is 5.11. The van der Waals surface area contributed by atoms with Crippen molar-refractivity contribution in [1.29, 1.82) is 0 Å². The van der Waals surface area contributed by atoms with Gasteiger partial charge in [-0.3, -0.25) is 4.90 Å². The van der Waals surface area contributed by atoms with E-state index >= 15 is 0 Å². The number of thioether (sulfide) groups is 1. The van der Waals surface area contributed by atoms with Crippen molar-refractivity contribution in [1.82, 2.24) is 9.62 Å². The number of hydrogen-bond donors (Lipinski definition) is 1. The molecule has 1 aromatic rings. The summed E-state index contributed by atoms with van der Waals surface area (Å²) in [4.78, 5) is 2.48. The van der Waals surface area contributed by atoms with Gasteiger partial charge in [0.2, 0.25) is 10.0 Å². The number of nitrogens with one attached hydrogen (secondary N) is 1. The number of ether oxygens (including phenoxy) is 2. The van der Waals surface area contributed by atoms with Gasteiger partial charge in [-0.05, 0) is 42.5 Å². The second-order valence-corrected chi connectivity index (χ2v) is 9.95. The van der Waals surface area contributed by atoms with E-state index in [4.69, 9.17) is 21.1 Å². The molecule has 6 nitrogen and oxygen atoms in total. The monoisotopic (exact) mass is 420 g/mol. The lowest BCUT2D eigenvalue weighted by Crippen LogP contribution is -2.60. The smallest absolute Gasteiger partial charge is 0.244 e. The van der Waals surface area contributed by atoms with E-state index < -0.39 is 10.0 Å². The molecule has 2 fully saturated rings. The first-order valence-electron chi connectivity index (χ1n) is 8.71. The minimum Gasteiger partial charge on any atom is -0.495 e. The quantitative estimate of drug-likeness (QED) is 0.761. The van der Waals surface area contributed by atoms with E-state index in [1.807, 2.05) is 11.8 Å². The fourth-order valence-corrected chi connectivity index (χ4v) is 6.36. The standard InChI is InChI=1S/C17H25ClN2O4S2/c1-23-15-3-2-14(18)12-16(15)26(21,22)19-13-17(4-10-25-11-5-17)20-6-8-24-9-7-20/h2-3,12,19H,4-11,13H2,1H3. The van der Waals surface area contributed by atoms with Gasteiger partial charge in [0.1, 0.15) is 10.6 Å². The van der Waals surface area contributed by atoms with Gasteiger partial charge in [0.15, 0.2) is 0 Å². The topological polar surface area (TPSA) is 67.9 Å². The van der Waals surface area contributed by atoms with Gasteiger partial charge in [-0.1, -0.05) is 11.6 Å². The van der Waals surface area contributed by atoms with Gasteiger partial charge in [0.05, 0.1) is 20.3 Å². The molecule has 0 radical (unpaired) electrons. The fraction of sp³-hybridized carbons (Fsp3) is 0.647. The van der Waals surface area contributed by atoms with Crippen LogP contribution >= 0.6 is 23.4 Å². The van der Waals surface area contributed by atoms with E-state index in [1.54, 1.807) is 12.1 Å². The van der Waals surface area contributed by atoms with Crippen LogP contribution in [0.2, 0.25) is 5.02 Å². The van der Waals surface area contributed by atoms with Gasteiger partial charge in [-0.25, -0.2) is 13.1 Å². The highest BCUT2D eigenvalue weighted by molar-refractivity contribution is 7.99. The first-order valence-corrected chi connectivity index (χ1v) is 11.7. The number of morpholine rings is 1. The molecule has 0 bridgehead atoms. The molecule has 26 heavy (non-hydrogen) atoms. The Balaban J connectivity index is 1.81. The molecule has 1 aromatic carbocycles. The molecule has 2 heterocycles. The van der Waals surface area contributed by atoms with Crippen LogP contribution in [0.1, 0.15) is 12.8 Å². The second kappa shape index (κ2) is 8.67. The molecule has 1 N–H and O–H groups in total. The van der Waals surface area contributed by atoms with Crippen molar-refractivity contribution in [3.05, 3.63) is 23.2 Å². The minimum absolute atomic E-state index is 0.0785. The largest absolute Gasteiger partial charge is 0.495 e. The van der Waals surface area contributed by atoms with Crippen LogP contribution in [0.25, 0.3) is 0 Å². The van der Waals surface area contributed by atoms with Crippen molar-refractivity contribution in [2.75, 3.05) is 51.5 Å².